The van der Waals surface area contributed by atoms with Gasteiger partial charge in [-0.15, -0.1) is 11.3 Å². The van der Waals surface area contributed by atoms with Gasteiger partial charge in [-0.3, -0.25) is 10.1 Å². The molecule has 0 fully saturated rings. The van der Waals surface area contributed by atoms with Gasteiger partial charge < -0.3 is 10.1 Å². The second-order valence-electron chi connectivity index (χ2n) is 3.93. The summed E-state index contributed by atoms with van der Waals surface area (Å²) in [6, 6.07) is 3.05. The Morgan fingerprint density at radius 3 is 2.90 bits per heavy atom. The Balaban J connectivity index is 2.22. The van der Waals surface area contributed by atoms with Crippen LogP contribution in [0.15, 0.2) is 28.2 Å². The Labute approximate surface area is 132 Å². The van der Waals surface area contributed by atoms with Crippen LogP contribution in [0.4, 0.5) is 11.5 Å². The summed E-state index contributed by atoms with van der Waals surface area (Å²) >= 11 is 4.85. The van der Waals surface area contributed by atoms with Gasteiger partial charge in [0, 0.05) is 27.0 Å². The summed E-state index contributed by atoms with van der Waals surface area (Å²) in [6.45, 7) is 0.404. The Morgan fingerprint density at radius 2 is 2.33 bits per heavy atom. The molecule has 0 spiro atoms. The predicted molar refractivity (Wildman–Crippen MR) is 81.6 cm³/mol. The fourth-order valence-corrected chi connectivity index (χ4v) is 2.97. The molecule has 2 rings (SSSR count). The van der Waals surface area contributed by atoms with Crippen LogP contribution in [0.1, 0.15) is 15.2 Å². The van der Waals surface area contributed by atoms with Crippen molar-refractivity contribution in [3.8, 4) is 0 Å². The van der Waals surface area contributed by atoms with Crippen LogP contribution in [-0.2, 0) is 11.3 Å². The maximum absolute atomic E-state index is 11.4. The van der Waals surface area contributed by atoms with E-state index in [1.165, 1.54) is 24.6 Å². The van der Waals surface area contributed by atoms with E-state index in [0.717, 1.165) is 15.4 Å². The second kappa shape index (κ2) is 6.64. The van der Waals surface area contributed by atoms with E-state index in [1.807, 2.05) is 11.4 Å². The molecule has 1 N–H and O–H groups in total. The third kappa shape index (κ3) is 3.76. The lowest BCUT2D eigenvalue weighted by Crippen LogP contribution is -2.07. The first-order chi connectivity index (χ1) is 10.0. The molecular formula is C12H10BrN3O4S. The van der Waals surface area contributed by atoms with Crippen LogP contribution in [0.25, 0.3) is 0 Å². The first-order valence-corrected chi connectivity index (χ1v) is 7.38. The molecule has 0 aliphatic carbocycles. The van der Waals surface area contributed by atoms with E-state index in [0.29, 0.717) is 6.54 Å². The summed E-state index contributed by atoms with van der Waals surface area (Å²) < 4.78 is 5.47. The Morgan fingerprint density at radius 1 is 1.57 bits per heavy atom. The van der Waals surface area contributed by atoms with E-state index in [2.05, 4.69) is 31.0 Å². The topological polar surface area (TPSA) is 94.4 Å². The van der Waals surface area contributed by atoms with E-state index in [-0.39, 0.29) is 17.1 Å². The number of ether oxygens (including phenoxy) is 1. The van der Waals surface area contributed by atoms with Crippen molar-refractivity contribution in [1.29, 1.82) is 0 Å². The molecule has 0 bridgehead atoms. The molecule has 0 saturated heterocycles. The van der Waals surface area contributed by atoms with Crippen LogP contribution >= 0.6 is 27.3 Å². The summed E-state index contributed by atoms with van der Waals surface area (Å²) in [5.74, 6) is -0.559. The molecule has 0 aliphatic rings. The molecule has 2 aromatic rings. The molecule has 0 aromatic carbocycles. The summed E-state index contributed by atoms with van der Waals surface area (Å²) in [7, 11) is 1.20. The first-order valence-electron chi connectivity index (χ1n) is 5.71. The lowest BCUT2D eigenvalue weighted by molar-refractivity contribution is -0.384. The molecular weight excluding hydrogens is 362 g/mol. The number of hydrogen-bond acceptors (Lipinski definition) is 7. The summed E-state index contributed by atoms with van der Waals surface area (Å²) in [4.78, 5) is 26.8. The van der Waals surface area contributed by atoms with Crippen molar-refractivity contribution in [3.05, 3.63) is 48.7 Å². The fourth-order valence-electron chi connectivity index (χ4n) is 1.58. The largest absolute Gasteiger partial charge is 0.465 e. The number of esters is 1. The summed E-state index contributed by atoms with van der Waals surface area (Å²) in [5, 5.41) is 15.9. The van der Waals surface area contributed by atoms with E-state index >= 15 is 0 Å². The number of carbonyl (C=O) groups is 1. The maximum atomic E-state index is 11.4. The lowest BCUT2D eigenvalue weighted by atomic mass is 10.2. The van der Waals surface area contributed by atoms with Gasteiger partial charge in [-0.25, -0.2) is 9.78 Å². The number of carbonyl (C=O) groups excluding carboxylic acids is 1. The SMILES string of the molecule is COC(=O)c1cnc(NCc2cc(Br)cs2)c([N+](=O)[O-])c1. The van der Waals surface area contributed by atoms with E-state index < -0.39 is 10.9 Å². The number of nitrogens with one attached hydrogen (secondary N) is 1. The van der Waals surface area contributed by atoms with Gasteiger partial charge in [0.1, 0.15) is 0 Å². The third-order valence-electron chi connectivity index (χ3n) is 2.54. The molecule has 0 unspecified atom stereocenters. The molecule has 21 heavy (non-hydrogen) atoms. The molecule has 2 aromatic heterocycles. The van der Waals surface area contributed by atoms with Gasteiger partial charge in [-0.1, -0.05) is 0 Å². The monoisotopic (exact) mass is 371 g/mol. The highest BCUT2D eigenvalue weighted by molar-refractivity contribution is 9.10. The average Bonchev–Trinajstić information content (AvgIpc) is 2.89. The quantitative estimate of drug-likeness (QED) is 0.492. The third-order valence-corrected chi connectivity index (χ3v) is 4.23. The van der Waals surface area contributed by atoms with Gasteiger partial charge in [0.05, 0.1) is 24.1 Å². The molecule has 0 radical (unpaired) electrons. The van der Waals surface area contributed by atoms with E-state index in [4.69, 9.17) is 0 Å². The zero-order chi connectivity index (χ0) is 15.4. The van der Waals surface area contributed by atoms with Gasteiger partial charge in [-0.05, 0) is 22.0 Å². The lowest BCUT2D eigenvalue weighted by Gasteiger charge is -2.06. The fraction of sp³-hybridized carbons (Fsp3) is 0.167. The molecule has 0 saturated carbocycles. The highest BCUT2D eigenvalue weighted by atomic mass is 79.9. The van der Waals surface area contributed by atoms with Crippen molar-refractivity contribution in [1.82, 2.24) is 4.98 Å². The van der Waals surface area contributed by atoms with Gasteiger partial charge in [0.2, 0.25) is 5.82 Å². The van der Waals surface area contributed by atoms with Crippen LogP contribution in [0.2, 0.25) is 0 Å². The number of nitrogens with zero attached hydrogens (tertiary/aromatic N) is 2. The van der Waals surface area contributed by atoms with Crippen LogP contribution < -0.4 is 5.32 Å². The van der Waals surface area contributed by atoms with Crippen LogP contribution in [-0.4, -0.2) is 23.0 Å². The maximum Gasteiger partial charge on any atom is 0.339 e. The number of rotatable bonds is 5. The number of anilines is 1. The minimum atomic E-state index is -0.667. The van der Waals surface area contributed by atoms with Crippen molar-refractivity contribution >= 4 is 44.7 Å². The van der Waals surface area contributed by atoms with E-state index in [1.54, 1.807) is 0 Å². The highest BCUT2D eigenvalue weighted by Crippen LogP contribution is 2.25. The Hall–Kier alpha value is -2.00. The minimum Gasteiger partial charge on any atom is -0.465 e. The Kier molecular flexibility index (Phi) is 4.86. The number of halogens is 1. The highest BCUT2D eigenvalue weighted by Gasteiger charge is 2.19. The van der Waals surface area contributed by atoms with Crippen LogP contribution in [0.5, 0.6) is 0 Å². The number of hydrogen-bond donors (Lipinski definition) is 1. The van der Waals surface area contributed by atoms with Gasteiger partial charge in [0.15, 0.2) is 0 Å². The second-order valence-corrected chi connectivity index (χ2v) is 5.84. The molecule has 7 nitrogen and oxygen atoms in total. The number of nitro groups is 1. The summed E-state index contributed by atoms with van der Waals surface area (Å²) in [5.41, 5.74) is -0.234. The van der Waals surface area contributed by atoms with Crippen LogP contribution in [0.3, 0.4) is 0 Å². The molecule has 0 atom stereocenters. The van der Waals surface area contributed by atoms with E-state index in [9.17, 15) is 14.9 Å². The zero-order valence-corrected chi connectivity index (χ0v) is 13.2. The molecule has 0 aliphatic heterocycles. The van der Waals surface area contributed by atoms with Gasteiger partial charge in [0.25, 0.3) is 0 Å². The van der Waals surface area contributed by atoms with Gasteiger partial charge in [-0.2, -0.15) is 0 Å². The van der Waals surface area contributed by atoms with Crippen molar-refractivity contribution < 1.29 is 14.5 Å². The minimum absolute atomic E-state index is 0.0358. The van der Waals surface area contributed by atoms with Gasteiger partial charge >= 0.3 is 11.7 Å². The van der Waals surface area contributed by atoms with Crippen molar-refractivity contribution in [2.75, 3.05) is 12.4 Å². The van der Waals surface area contributed by atoms with Crippen molar-refractivity contribution in [2.24, 2.45) is 0 Å². The normalized spacial score (nSPS) is 10.2. The first kappa shape index (κ1) is 15.4. The predicted octanol–water partition coefficient (Wildman–Crippen LogP) is 3.21. The smallest absolute Gasteiger partial charge is 0.339 e. The average molecular weight is 372 g/mol. The summed E-state index contributed by atoms with van der Waals surface area (Å²) in [6.07, 6.45) is 1.24. The van der Waals surface area contributed by atoms with Crippen molar-refractivity contribution in [3.63, 3.8) is 0 Å². The standard InChI is InChI=1S/C12H10BrN3O4S/c1-20-12(17)7-2-10(16(18)19)11(14-4-7)15-5-9-3-8(13)6-21-9/h2-4,6H,5H2,1H3,(H,14,15). The van der Waals surface area contributed by atoms with Crippen molar-refractivity contribution in [2.45, 2.75) is 6.54 Å². The molecule has 2 heterocycles. The Bertz CT molecular complexity index is 689. The zero-order valence-electron chi connectivity index (χ0n) is 10.8. The molecule has 9 heteroatoms. The number of thiophene rings is 1. The molecule has 110 valence electrons. The number of methoxy groups -OCH3 is 1. The molecule has 0 amide bonds. The number of aromatic nitrogens is 1. The van der Waals surface area contributed by atoms with Crippen LogP contribution in [0, 0.1) is 10.1 Å². The number of pyridine rings is 1.